The number of hydrogen-bond donors (Lipinski definition) is 6. The van der Waals surface area contributed by atoms with Gasteiger partial charge in [0.2, 0.25) is 5.91 Å². The maximum atomic E-state index is 12.5. The summed E-state index contributed by atoms with van der Waals surface area (Å²) in [7, 11) is -4.61. The summed E-state index contributed by atoms with van der Waals surface area (Å²) in [6.45, 7) is 0.201. The van der Waals surface area contributed by atoms with Crippen molar-refractivity contribution in [1.82, 2.24) is 24.8 Å². The first-order valence-electron chi connectivity index (χ1n) is 12.8. The van der Waals surface area contributed by atoms with Gasteiger partial charge in [-0.2, -0.15) is 0 Å². The molecule has 1 amide bonds. The minimum Gasteiger partial charge on any atom is -0.394 e. The van der Waals surface area contributed by atoms with Gasteiger partial charge in [-0.3, -0.25) is 18.4 Å². The van der Waals surface area contributed by atoms with Crippen LogP contribution in [0.3, 0.4) is 0 Å². The van der Waals surface area contributed by atoms with Gasteiger partial charge < -0.3 is 41.4 Å². The summed E-state index contributed by atoms with van der Waals surface area (Å²) in [5.74, 6) is 0.161. The molecular weight excluding hydrogens is 537 g/mol. The van der Waals surface area contributed by atoms with E-state index in [4.69, 9.17) is 30.0 Å². The van der Waals surface area contributed by atoms with Crippen molar-refractivity contribution in [2.24, 2.45) is 5.73 Å². The van der Waals surface area contributed by atoms with Crippen LogP contribution in [0.25, 0.3) is 11.2 Å². The zero-order valence-corrected chi connectivity index (χ0v) is 22.5. The predicted molar refractivity (Wildman–Crippen MR) is 138 cm³/mol. The Labute approximate surface area is 225 Å². The van der Waals surface area contributed by atoms with Crippen molar-refractivity contribution in [3.8, 4) is 0 Å². The molecule has 1 fully saturated rings. The van der Waals surface area contributed by atoms with Crippen LogP contribution in [-0.2, 0) is 27.9 Å². The smallest absolute Gasteiger partial charge is 0.394 e. The summed E-state index contributed by atoms with van der Waals surface area (Å²) >= 11 is 0. The molecule has 39 heavy (non-hydrogen) atoms. The number of fused-ring (bicyclic) bond motifs is 1. The molecule has 0 aliphatic carbocycles. The molecule has 220 valence electrons. The number of aliphatic hydroxyl groups is 2. The molecule has 0 saturated carbocycles. The minimum absolute atomic E-state index is 0.0291. The van der Waals surface area contributed by atoms with Crippen LogP contribution >= 0.6 is 7.82 Å². The van der Waals surface area contributed by atoms with Gasteiger partial charge in [0.1, 0.15) is 36.4 Å². The Morgan fingerprint density at radius 1 is 1.26 bits per heavy atom. The van der Waals surface area contributed by atoms with E-state index >= 15 is 0 Å². The van der Waals surface area contributed by atoms with E-state index in [1.54, 1.807) is 4.57 Å². The Morgan fingerprint density at radius 2 is 2.08 bits per heavy atom. The van der Waals surface area contributed by atoms with E-state index in [0.717, 1.165) is 19.3 Å². The van der Waals surface area contributed by atoms with Gasteiger partial charge in [-0.05, 0) is 25.8 Å². The highest BCUT2D eigenvalue weighted by atomic mass is 31.2. The molecule has 0 bridgehead atoms. The van der Waals surface area contributed by atoms with Gasteiger partial charge >= 0.3 is 7.82 Å². The lowest BCUT2D eigenvalue weighted by Gasteiger charge is -2.20. The number of rotatable bonds is 18. The number of aromatic nitrogens is 4. The van der Waals surface area contributed by atoms with Gasteiger partial charge in [0, 0.05) is 26.0 Å². The van der Waals surface area contributed by atoms with Gasteiger partial charge in [0.05, 0.1) is 26.1 Å². The molecule has 2 aromatic rings. The molecule has 1 aliphatic heterocycles. The molecule has 17 heteroatoms. The molecular formula is C22H38N7O9P. The number of amides is 1. The van der Waals surface area contributed by atoms with Gasteiger partial charge in [0.25, 0.3) is 0 Å². The van der Waals surface area contributed by atoms with Gasteiger partial charge in [-0.1, -0.05) is 6.42 Å². The topological polar surface area (TPSA) is 239 Å². The fraction of sp³-hybridized carbons (Fsp3) is 0.727. The molecule has 3 rings (SSSR count). The number of nitrogens with two attached hydrogens (primary N) is 2. The van der Waals surface area contributed by atoms with E-state index < -0.39 is 45.6 Å². The van der Waals surface area contributed by atoms with Crippen molar-refractivity contribution in [3.05, 3.63) is 12.7 Å². The quantitative estimate of drug-likeness (QED) is 0.0979. The number of anilines is 1. The number of imidazole rings is 1. The van der Waals surface area contributed by atoms with Crippen molar-refractivity contribution in [2.45, 2.75) is 63.1 Å². The van der Waals surface area contributed by atoms with Gasteiger partial charge in [-0.25, -0.2) is 19.5 Å². The summed E-state index contributed by atoms with van der Waals surface area (Å²) in [6, 6.07) is 0. The Kier molecular flexibility index (Phi) is 12.4. The number of phosphoric ester groups is 1. The number of ether oxygens (including phenoxy) is 2. The minimum atomic E-state index is -4.61. The zero-order valence-electron chi connectivity index (χ0n) is 21.6. The van der Waals surface area contributed by atoms with Crippen LogP contribution in [0, 0.1) is 0 Å². The number of phosphoric acid groups is 1. The molecule has 3 heterocycles. The van der Waals surface area contributed by atoms with Crippen LogP contribution in [0.15, 0.2) is 12.7 Å². The van der Waals surface area contributed by atoms with Crippen molar-refractivity contribution < 1.29 is 43.0 Å². The Bertz CT molecular complexity index is 1090. The maximum absolute atomic E-state index is 12.5. The third-order valence-corrected chi connectivity index (χ3v) is 6.97. The summed E-state index contributed by atoms with van der Waals surface area (Å²) < 4.78 is 35.3. The van der Waals surface area contributed by atoms with Crippen LogP contribution in [0.2, 0.25) is 0 Å². The highest BCUT2D eigenvalue weighted by Crippen LogP contribution is 2.48. The number of nitrogen functional groups attached to an aromatic ring is 1. The molecule has 0 spiro atoms. The number of carbonyl (C=O) groups is 1. The number of hydrogen-bond acceptors (Lipinski definition) is 13. The van der Waals surface area contributed by atoms with Crippen LogP contribution < -0.4 is 16.8 Å². The first-order valence-corrected chi connectivity index (χ1v) is 14.3. The number of nitrogens with one attached hydrogen (secondary N) is 1. The van der Waals surface area contributed by atoms with E-state index in [-0.39, 0.29) is 31.4 Å². The van der Waals surface area contributed by atoms with Crippen molar-refractivity contribution >= 4 is 30.7 Å². The van der Waals surface area contributed by atoms with Crippen LogP contribution in [0.1, 0.15) is 44.8 Å². The molecule has 16 nitrogen and oxygen atoms in total. The van der Waals surface area contributed by atoms with Gasteiger partial charge in [0.15, 0.2) is 11.5 Å². The second-order valence-corrected chi connectivity index (χ2v) is 10.5. The first kappa shape index (κ1) is 31.3. The lowest BCUT2D eigenvalue weighted by Crippen LogP contribution is -2.28. The van der Waals surface area contributed by atoms with Crippen LogP contribution in [0.5, 0.6) is 0 Å². The van der Waals surface area contributed by atoms with E-state index in [2.05, 4.69) is 20.3 Å². The molecule has 0 radical (unpaired) electrons. The molecule has 5 atom stereocenters. The summed E-state index contributed by atoms with van der Waals surface area (Å²) in [5.41, 5.74) is 12.0. The van der Waals surface area contributed by atoms with E-state index in [1.165, 1.54) is 12.7 Å². The largest absolute Gasteiger partial charge is 0.472 e. The van der Waals surface area contributed by atoms with Crippen LogP contribution in [-0.4, -0.2) is 98.4 Å². The lowest BCUT2D eigenvalue weighted by molar-refractivity contribution is -0.121. The summed E-state index contributed by atoms with van der Waals surface area (Å²) in [5, 5.41) is 22.5. The zero-order chi connectivity index (χ0) is 28.3. The number of carbonyl (C=O) groups excluding carboxylic acids is 1. The average molecular weight is 576 g/mol. The monoisotopic (exact) mass is 575 g/mol. The molecule has 1 aliphatic rings. The molecule has 8 N–H and O–H groups in total. The molecule has 1 saturated heterocycles. The third kappa shape index (κ3) is 9.70. The number of nitrogens with zero attached hydrogens (tertiary/aromatic N) is 4. The molecule has 3 unspecified atom stereocenters. The highest BCUT2D eigenvalue weighted by molar-refractivity contribution is 7.47. The second kappa shape index (κ2) is 15.5. The van der Waals surface area contributed by atoms with E-state index in [1.807, 2.05) is 0 Å². The van der Waals surface area contributed by atoms with E-state index in [9.17, 15) is 24.5 Å². The number of unbranched alkanes of at least 4 members (excludes halogenated alkanes) is 2. The highest BCUT2D eigenvalue weighted by Gasteiger charge is 2.42. The molecule has 0 aromatic carbocycles. The van der Waals surface area contributed by atoms with Crippen LogP contribution in [0.4, 0.5) is 5.82 Å². The fourth-order valence-electron chi connectivity index (χ4n) is 3.97. The Balaban J connectivity index is 1.35. The Hall–Kier alpha value is -2.27. The SMILES string of the molecule is NCCCCCC(=O)NCCCOCC(O)COP(=O)(O)O[C@@H]1C[C@H](n2cnc3c(N)ncnc32)OC1CO. The summed E-state index contributed by atoms with van der Waals surface area (Å²) in [4.78, 5) is 34.1. The third-order valence-electron chi connectivity index (χ3n) is 5.96. The second-order valence-electron chi connectivity index (χ2n) is 9.07. The van der Waals surface area contributed by atoms with Crippen molar-refractivity contribution in [2.75, 3.05) is 45.3 Å². The standard InChI is InChI=1S/C22H38N7O9P/c23-6-3-1-2-5-18(32)25-7-4-8-35-11-15(31)12-36-39(33,34)38-16-9-19(37-17(16)10-30)29-14-28-20-21(24)26-13-27-22(20)29/h13-17,19,30-31H,1-12,23H2,(H,25,32)(H,33,34)(H2,24,26,27)/t15?,16-,17?,19-/m1/s1. The first-order chi connectivity index (χ1) is 18.7. The van der Waals surface area contributed by atoms with E-state index in [0.29, 0.717) is 37.1 Å². The van der Waals surface area contributed by atoms with Gasteiger partial charge in [-0.15, -0.1) is 0 Å². The predicted octanol–water partition coefficient (Wildman–Crippen LogP) is -0.407. The molecule has 2 aromatic heterocycles. The average Bonchev–Trinajstić information content (AvgIpc) is 3.52. The fourth-order valence-corrected chi connectivity index (χ4v) is 4.96. The van der Waals surface area contributed by atoms with Crippen molar-refractivity contribution in [3.63, 3.8) is 0 Å². The normalized spacial score (nSPS) is 21.7. The van der Waals surface area contributed by atoms with Crippen molar-refractivity contribution in [1.29, 1.82) is 0 Å². The Morgan fingerprint density at radius 3 is 2.85 bits per heavy atom. The summed E-state index contributed by atoms with van der Waals surface area (Å²) in [6.07, 6.45) is 2.63. The lowest BCUT2D eigenvalue weighted by atomic mass is 10.2. The maximum Gasteiger partial charge on any atom is 0.472 e. The number of aliphatic hydroxyl groups excluding tert-OH is 2.